The third kappa shape index (κ3) is 4.34. The summed E-state index contributed by atoms with van der Waals surface area (Å²) >= 11 is 0. The van der Waals surface area contributed by atoms with Gasteiger partial charge in [-0.15, -0.1) is 0 Å². The standard InChI is InChI=1S/C13H19NO3/c1-9(2)17-12-7-5-4-6-11(12)14-8-10(3)13(15)16/h4-7,9-10,14H,8H2,1-3H3,(H,15,16). The molecular weight excluding hydrogens is 218 g/mol. The van der Waals surface area contributed by atoms with Gasteiger partial charge in [-0.2, -0.15) is 0 Å². The van der Waals surface area contributed by atoms with Gasteiger partial charge in [0.1, 0.15) is 5.75 Å². The van der Waals surface area contributed by atoms with Gasteiger partial charge in [-0.3, -0.25) is 4.79 Å². The predicted molar refractivity (Wildman–Crippen MR) is 67.5 cm³/mol. The smallest absolute Gasteiger partial charge is 0.308 e. The van der Waals surface area contributed by atoms with Gasteiger partial charge >= 0.3 is 5.97 Å². The largest absolute Gasteiger partial charge is 0.489 e. The van der Waals surface area contributed by atoms with Gasteiger partial charge in [0.25, 0.3) is 0 Å². The topological polar surface area (TPSA) is 58.6 Å². The molecule has 0 aromatic heterocycles. The van der Waals surface area contributed by atoms with E-state index >= 15 is 0 Å². The number of carboxylic acid groups (broad SMARTS) is 1. The molecule has 0 heterocycles. The summed E-state index contributed by atoms with van der Waals surface area (Å²) in [7, 11) is 0. The van der Waals surface area contributed by atoms with E-state index in [0.29, 0.717) is 6.54 Å². The van der Waals surface area contributed by atoms with Crippen LogP contribution in [0.5, 0.6) is 5.75 Å². The molecular formula is C13H19NO3. The van der Waals surface area contributed by atoms with Crippen LogP contribution in [0.15, 0.2) is 24.3 Å². The van der Waals surface area contributed by atoms with Crippen LogP contribution in [-0.2, 0) is 4.79 Å². The molecule has 0 spiro atoms. The lowest BCUT2D eigenvalue weighted by Gasteiger charge is -2.16. The van der Waals surface area contributed by atoms with Gasteiger partial charge in [-0.25, -0.2) is 0 Å². The van der Waals surface area contributed by atoms with E-state index in [-0.39, 0.29) is 6.10 Å². The van der Waals surface area contributed by atoms with E-state index in [9.17, 15) is 4.79 Å². The molecule has 0 saturated carbocycles. The zero-order chi connectivity index (χ0) is 12.8. The number of rotatable bonds is 6. The van der Waals surface area contributed by atoms with Gasteiger partial charge in [-0.1, -0.05) is 19.1 Å². The second kappa shape index (κ2) is 6.13. The SMILES string of the molecule is CC(C)Oc1ccccc1NCC(C)C(=O)O. The Kier molecular flexibility index (Phi) is 4.82. The molecule has 0 fully saturated rings. The Morgan fingerprint density at radius 2 is 2.00 bits per heavy atom. The number of carboxylic acids is 1. The first-order valence-corrected chi connectivity index (χ1v) is 5.73. The molecule has 4 heteroatoms. The third-order valence-electron chi connectivity index (χ3n) is 2.27. The first kappa shape index (κ1) is 13.4. The monoisotopic (exact) mass is 237 g/mol. The molecule has 0 amide bonds. The van der Waals surface area contributed by atoms with Crippen LogP contribution < -0.4 is 10.1 Å². The number of benzene rings is 1. The molecule has 0 bridgehead atoms. The second-order valence-electron chi connectivity index (χ2n) is 4.28. The fourth-order valence-electron chi connectivity index (χ4n) is 1.32. The van der Waals surface area contributed by atoms with E-state index in [0.717, 1.165) is 11.4 Å². The number of para-hydroxylation sites is 2. The minimum absolute atomic E-state index is 0.0925. The molecule has 4 nitrogen and oxygen atoms in total. The van der Waals surface area contributed by atoms with Crippen LogP contribution in [-0.4, -0.2) is 23.7 Å². The van der Waals surface area contributed by atoms with Crippen molar-refractivity contribution in [2.75, 3.05) is 11.9 Å². The van der Waals surface area contributed by atoms with Gasteiger partial charge in [0.2, 0.25) is 0 Å². The van der Waals surface area contributed by atoms with Gasteiger partial charge in [0.05, 0.1) is 17.7 Å². The number of hydrogen-bond acceptors (Lipinski definition) is 3. The zero-order valence-electron chi connectivity index (χ0n) is 10.4. The Bertz CT molecular complexity index is 377. The highest BCUT2D eigenvalue weighted by Gasteiger charge is 2.11. The summed E-state index contributed by atoms with van der Waals surface area (Å²) in [6.07, 6.45) is 0.0925. The Hall–Kier alpha value is -1.71. The van der Waals surface area contributed by atoms with Crippen LogP contribution in [0.4, 0.5) is 5.69 Å². The molecule has 2 N–H and O–H groups in total. The summed E-state index contributed by atoms with van der Waals surface area (Å²) in [5.74, 6) is -0.484. The van der Waals surface area contributed by atoms with Gasteiger partial charge < -0.3 is 15.2 Å². The first-order chi connectivity index (χ1) is 8.00. The fraction of sp³-hybridized carbons (Fsp3) is 0.462. The van der Waals surface area contributed by atoms with Gasteiger partial charge in [0, 0.05) is 6.54 Å². The average molecular weight is 237 g/mol. The minimum atomic E-state index is -0.806. The molecule has 1 aromatic rings. The molecule has 0 aliphatic rings. The lowest BCUT2D eigenvalue weighted by molar-refractivity contribution is -0.140. The summed E-state index contributed by atoms with van der Waals surface area (Å²) < 4.78 is 5.63. The molecule has 94 valence electrons. The van der Waals surface area contributed by atoms with Crippen LogP contribution in [0.25, 0.3) is 0 Å². The van der Waals surface area contributed by atoms with Gasteiger partial charge in [-0.05, 0) is 26.0 Å². The van der Waals surface area contributed by atoms with Crippen molar-refractivity contribution in [2.24, 2.45) is 5.92 Å². The lowest BCUT2D eigenvalue weighted by atomic mass is 10.2. The third-order valence-corrected chi connectivity index (χ3v) is 2.27. The van der Waals surface area contributed by atoms with Crippen molar-refractivity contribution in [2.45, 2.75) is 26.9 Å². The molecule has 1 aromatic carbocycles. The van der Waals surface area contributed by atoms with E-state index in [1.807, 2.05) is 38.1 Å². The number of ether oxygens (including phenoxy) is 1. The number of carbonyl (C=O) groups is 1. The molecule has 1 atom stereocenters. The van der Waals surface area contributed by atoms with E-state index in [2.05, 4.69) is 5.32 Å². The molecule has 0 saturated heterocycles. The Morgan fingerprint density at radius 3 is 2.59 bits per heavy atom. The number of anilines is 1. The van der Waals surface area contributed by atoms with Crippen molar-refractivity contribution >= 4 is 11.7 Å². The fourth-order valence-corrected chi connectivity index (χ4v) is 1.32. The molecule has 0 aliphatic carbocycles. The van der Waals surface area contributed by atoms with E-state index < -0.39 is 11.9 Å². The highest BCUT2D eigenvalue weighted by molar-refractivity contribution is 5.70. The predicted octanol–water partition coefficient (Wildman–Crippen LogP) is 2.61. The second-order valence-corrected chi connectivity index (χ2v) is 4.28. The van der Waals surface area contributed by atoms with Crippen molar-refractivity contribution in [3.8, 4) is 5.75 Å². The molecule has 0 radical (unpaired) electrons. The van der Waals surface area contributed by atoms with Crippen molar-refractivity contribution in [3.63, 3.8) is 0 Å². The Balaban J connectivity index is 2.66. The van der Waals surface area contributed by atoms with Gasteiger partial charge in [0.15, 0.2) is 0 Å². The van der Waals surface area contributed by atoms with Crippen molar-refractivity contribution in [3.05, 3.63) is 24.3 Å². The van der Waals surface area contributed by atoms with E-state index in [1.165, 1.54) is 0 Å². The molecule has 0 aliphatic heterocycles. The maximum Gasteiger partial charge on any atom is 0.308 e. The number of hydrogen-bond donors (Lipinski definition) is 2. The zero-order valence-corrected chi connectivity index (χ0v) is 10.4. The normalized spacial score (nSPS) is 12.2. The summed E-state index contributed by atoms with van der Waals surface area (Å²) in [5.41, 5.74) is 0.828. The average Bonchev–Trinajstić information content (AvgIpc) is 2.26. The maximum atomic E-state index is 10.7. The quantitative estimate of drug-likeness (QED) is 0.798. The van der Waals surface area contributed by atoms with Crippen LogP contribution >= 0.6 is 0 Å². The highest BCUT2D eigenvalue weighted by Crippen LogP contribution is 2.24. The summed E-state index contributed by atoms with van der Waals surface area (Å²) in [4.78, 5) is 10.7. The van der Waals surface area contributed by atoms with E-state index in [4.69, 9.17) is 9.84 Å². The highest BCUT2D eigenvalue weighted by atomic mass is 16.5. The van der Waals surface area contributed by atoms with Crippen molar-refractivity contribution < 1.29 is 14.6 Å². The van der Waals surface area contributed by atoms with Crippen molar-refractivity contribution in [1.82, 2.24) is 0 Å². The van der Waals surface area contributed by atoms with Crippen molar-refractivity contribution in [1.29, 1.82) is 0 Å². The summed E-state index contributed by atoms with van der Waals surface area (Å²) in [6, 6.07) is 7.53. The summed E-state index contributed by atoms with van der Waals surface area (Å²) in [6.45, 7) is 5.96. The van der Waals surface area contributed by atoms with Crippen LogP contribution in [0.1, 0.15) is 20.8 Å². The van der Waals surface area contributed by atoms with Crippen LogP contribution in [0.3, 0.4) is 0 Å². The molecule has 1 unspecified atom stereocenters. The number of nitrogens with one attached hydrogen (secondary N) is 1. The van der Waals surface area contributed by atoms with Crippen LogP contribution in [0, 0.1) is 5.92 Å². The van der Waals surface area contributed by atoms with E-state index in [1.54, 1.807) is 6.92 Å². The Labute approximate surface area is 102 Å². The Morgan fingerprint density at radius 1 is 1.35 bits per heavy atom. The van der Waals surface area contributed by atoms with Crippen LogP contribution in [0.2, 0.25) is 0 Å². The minimum Gasteiger partial charge on any atom is -0.489 e. The number of aliphatic carboxylic acids is 1. The summed E-state index contributed by atoms with van der Waals surface area (Å²) in [5, 5.41) is 11.9. The molecule has 1 rings (SSSR count). The maximum absolute atomic E-state index is 10.7. The molecule has 17 heavy (non-hydrogen) atoms. The first-order valence-electron chi connectivity index (χ1n) is 5.73. The lowest BCUT2D eigenvalue weighted by Crippen LogP contribution is -2.20.